The van der Waals surface area contributed by atoms with Crippen LogP contribution in [0.4, 0.5) is 21.5 Å². The van der Waals surface area contributed by atoms with Crippen LogP contribution in [-0.4, -0.2) is 7.11 Å². The van der Waals surface area contributed by atoms with Crippen molar-refractivity contribution in [3.63, 3.8) is 0 Å². The molecule has 0 bridgehead atoms. The molecule has 0 unspecified atom stereocenters. The molecule has 2 aromatic rings. The quantitative estimate of drug-likeness (QED) is 0.815. The molecular formula is C14H15FN2O. The first-order valence-electron chi connectivity index (χ1n) is 5.57. The van der Waals surface area contributed by atoms with Crippen LogP contribution in [0, 0.1) is 12.7 Å². The lowest BCUT2D eigenvalue weighted by molar-refractivity contribution is 0.417. The van der Waals surface area contributed by atoms with Crippen molar-refractivity contribution in [3.05, 3.63) is 47.8 Å². The summed E-state index contributed by atoms with van der Waals surface area (Å²) >= 11 is 0. The number of hydrogen-bond acceptors (Lipinski definition) is 3. The standard InChI is InChI=1S/C14H15FN2O/c1-9-7-13(11(16)8-10(9)15)17-12-5-3-4-6-14(12)18-2/h3-8,17H,16H2,1-2H3. The van der Waals surface area contributed by atoms with Gasteiger partial charge in [-0.3, -0.25) is 0 Å². The predicted octanol–water partition coefficient (Wildman–Crippen LogP) is 3.47. The lowest BCUT2D eigenvalue weighted by atomic mass is 10.1. The number of para-hydroxylation sites is 2. The van der Waals surface area contributed by atoms with Crippen molar-refractivity contribution < 1.29 is 9.13 Å². The van der Waals surface area contributed by atoms with E-state index in [1.54, 1.807) is 20.1 Å². The van der Waals surface area contributed by atoms with Crippen molar-refractivity contribution in [2.45, 2.75) is 6.92 Å². The number of nitrogens with two attached hydrogens (primary N) is 1. The van der Waals surface area contributed by atoms with E-state index in [2.05, 4.69) is 5.32 Å². The Morgan fingerprint density at radius 2 is 1.89 bits per heavy atom. The Balaban J connectivity index is 2.37. The molecule has 2 aromatic carbocycles. The lowest BCUT2D eigenvalue weighted by Gasteiger charge is -2.13. The van der Waals surface area contributed by atoms with Crippen molar-refractivity contribution in [1.82, 2.24) is 0 Å². The van der Waals surface area contributed by atoms with E-state index in [9.17, 15) is 4.39 Å². The van der Waals surface area contributed by atoms with Crippen LogP contribution in [-0.2, 0) is 0 Å². The van der Waals surface area contributed by atoms with E-state index in [4.69, 9.17) is 10.5 Å². The van der Waals surface area contributed by atoms with E-state index in [0.717, 1.165) is 5.69 Å². The van der Waals surface area contributed by atoms with Gasteiger partial charge in [-0.15, -0.1) is 0 Å². The Morgan fingerprint density at radius 3 is 2.61 bits per heavy atom. The highest BCUT2D eigenvalue weighted by Gasteiger charge is 2.07. The van der Waals surface area contributed by atoms with Crippen LogP contribution in [0.2, 0.25) is 0 Å². The summed E-state index contributed by atoms with van der Waals surface area (Å²) < 4.78 is 18.5. The van der Waals surface area contributed by atoms with Crippen LogP contribution < -0.4 is 15.8 Å². The molecule has 0 amide bonds. The maximum Gasteiger partial charge on any atom is 0.142 e. The number of nitrogen functional groups attached to an aromatic ring is 1. The van der Waals surface area contributed by atoms with Crippen LogP contribution in [0.25, 0.3) is 0 Å². The average molecular weight is 246 g/mol. The fourth-order valence-corrected chi connectivity index (χ4v) is 1.70. The summed E-state index contributed by atoms with van der Waals surface area (Å²) in [5.74, 6) is 0.400. The van der Waals surface area contributed by atoms with Gasteiger partial charge in [0, 0.05) is 0 Å². The van der Waals surface area contributed by atoms with Crippen LogP contribution in [0.15, 0.2) is 36.4 Å². The van der Waals surface area contributed by atoms with E-state index < -0.39 is 0 Å². The smallest absolute Gasteiger partial charge is 0.142 e. The second kappa shape index (κ2) is 4.96. The molecule has 0 fully saturated rings. The van der Waals surface area contributed by atoms with E-state index >= 15 is 0 Å². The first-order valence-corrected chi connectivity index (χ1v) is 5.57. The third-order valence-corrected chi connectivity index (χ3v) is 2.71. The van der Waals surface area contributed by atoms with Crippen LogP contribution in [0.5, 0.6) is 5.75 Å². The Labute approximate surface area is 105 Å². The third kappa shape index (κ3) is 2.37. The summed E-state index contributed by atoms with van der Waals surface area (Å²) in [7, 11) is 1.60. The average Bonchev–Trinajstić information content (AvgIpc) is 2.36. The molecule has 94 valence electrons. The van der Waals surface area contributed by atoms with Gasteiger partial charge in [0.1, 0.15) is 11.6 Å². The zero-order valence-corrected chi connectivity index (χ0v) is 10.3. The number of benzene rings is 2. The molecule has 0 aliphatic rings. The highest BCUT2D eigenvalue weighted by atomic mass is 19.1. The zero-order valence-electron chi connectivity index (χ0n) is 10.3. The first-order chi connectivity index (χ1) is 8.61. The summed E-state index contributed by atoms with van der Waals surface area (Å²) in [4.78, 5) is 0. The normalized spacial score (nSPS) is 10.2. The number of methoxy groups -OCH3 is 1. The second-order valence-electron chi connectivity index (χ2n) is 4.01. The van der Waals surface area contributed by atoms with Crippen LogP contribution in [0.1, 0.15) is 5.56 Å². The molecule has 0 saturated heterocycles. The fourth-order valence-electron chi connectivity index (χ4n) is 1.70. The molecule has 0 spiro atoms. The molecule has 3 N–H and O–H groups in total. The molecule has 2 rings (SSSR count). The van der Waals surface area contributed by atoms with Gasteiger partial charge in [0.15, 0.2) is 0 Å². The molecule has 0 radical (unpaired) electrons. The van der Waals surface area contributed by atoms with Gasteiger partial charge in [0.2, 0.25) is 0 Å². The lowest BCUT2D eigenvalue weighted by Crippen LogP contribution is -2.00. The molecule has 3 nitrogen and oxygen atoms in total. The van der Waals surface area contributed by atoms with Gasteiger partial charge in [-0.2, -0.15) is 0 Å². The van der Waals surface area contributed by atoms with Crippen LogP contribution in [0.3, 0.4) is 0 Å². The number of hydrogen-bond donors (Lipinski definition) is 2. The van der Waals surface area contributed by atoms with Crippen molar-refractivity contribution >= 4 is 17.1 Å². The molecule has 0 aliphatic heterocycles. The molecular weight excluding hydrogens is 231 g/mol. The van der Waals surface area contributed by atoms with Gasteiger partial charge in [0.05, 0.1) is 24.2 Å². The second-order valence-corrected chi connectivity index (χ2v) is 4.01. The molecule has 0 atom stereocenters. The summed E-state index contributed by atoms with van der Waals surface area (Å²) in [6.07, 6.45) is 0. The van der Waals surface area contributed by atoms with Gasteiger partial charge in [-0.25, -0.2) is 4.39 Å². The van der Waals surface area contributed by atoms with Crippen molar-refractivity contribution in [2.24, 2.45) is 0 Å². The van der Waals surface area contributed by atoms with Crippen molar-refractivity contribution in [3.8, 4) is 5.75 Å². The number of nitrogens with one attached hydrogen (secondary N) is 1. The third-order valence-electron chi connectivity index (χ3n) is 2.71. The summed E-state index contributed by atoms with van der Waals surface area (Å²) in [5.41, 5.74) is 8.15. The van der Waals surface area contributed by atoms with Crippen molar-refractivity contribution in [2.75, 3.05) is 18.2 Å². The highest BCUT2D eigenvalue weighted by Crippen LogP contribution is 2.31. The maximum absolute atomic E-state index is 13.3. The molecule has 0 saturated carbocycles. The van der Waals surface area contributed by atoms with Crippen LogP contribution >= 0.6 is 0 Å². The minimum Gasteiger partial charge on any atom is -0.495 e. The van der Waals surface area contributed by atoms with Gasteiger partial charge in [0.25, 0.3) is 0 Å². The van der Waals surface area contributed by atoms with E-state index in [0.29, 0.717) is 22.7 Å². The fraction of sp³-hybridized carbons (Fsp3) is 0.143. The minimum absolute atomic E-state index is 0.307. The highest BCUT2D eigenvalue weighted by molar-refractivity contribution is 5.75. The molecule has 0 heterocycles. The van der Waals surface area contributed by atoms with E-state index in [-0.39, 0.29) is 5.82 Å². The number of ether oxygens (including phenoxy) is 1. The Kier molecular flexibility index (Phi) is 3.37. The Hall–Kier alpha value is -2.23. The summed E-state index contributed by atoms with van der Waals surface area (Å²) in [6, 6.07) is 10.5. The van der Waals surface area contributed by atoms with Gasteiger partial charge >= 0.3 is 0 Å². The van der Waals surface area contributed by atoms with Crippen molar-refractivity contribution in [1.29, 1.82) is 0 Å². The number of halogens is 1. The largest absolute Gasteiger partial charge is 0.495 e. The van der Waals surface area contributed by atoms with Gasteiger partial charge in [-0.05, 0) is 36.8 Å². The predicted molar refractivity (Wildman–Crippen MR) is 71.8 cm³/mol. The zero-order chi connectivity index (χ0) is 13.1. The molecule has 0 aliphatic carbocycles. The summed E-state index contributed by atoms with van der Waals surface area (Å²) in [6.45, 7) is 1.70. The Morgan fingerprint density at radius 1 is 1.17 bits per heavy atom. The SMILES string of the molecule is COc1ccccc1Nc1cc(C)c(F)cc1N. The topological polar surface area (TPSA) is 47.3 Å². The van der Waals surface area contributed by atoms with E-state index in [1.807, 2.05) is 24.3 Å². The molecule has 18 heavy (non-hydrogen) atoms. The first kappa shape index (κ1) is 12.2. The number of anilines is 3. The number of rotatable bonds is 3. The molecule has 0 aromatic heterocycles. The Bertz CT molecular complexity index is 570. The van der Waals surface area contributed by atoms with E-state index in [1.165, 1.54) is 6.07 Å². The monoisotopic (exact) mass is 246 g/mol. The van der Waals surface area contributed by atoms with Gasteiger partial charge in [-0.1, -0.05) is 12.1 Å². The number of aryl methyl sites for hydroxylation is 1. The minimum atomic E-state index is -0.307. The molecule has 4 heteroatoms. The maximum atomic E-state index is 13.3. The summed E-state index contributed by atoms with van der Waals surface area (Å²) in [5, 5.41) is 3.14. The van der Waals surface area contributed by atoms with Gasteiger partial charge < -0.3 is 15.8 Å².